The number of anilines is 1. The molecule has 3 rings (SSSR count). The monoisotopic (exact) mass is 443 g/mol. The first-order chi connectivity index (χ1) is 12.3. The zero-order valence-electron chi connectivity index (χ0n) is 15.8. The van der Waals surface area contributed by atoms with Crippen LogP contribution >= 0.6 is 46.7 Å². The first-order valence-corrected chi connectivity index (χ1v) is 10.5. The molecule has 146 valence electrons. The van der Waals surface area contributed by atoms with Crippen LogP contribution in [-0.4, -0.2) is 43.0 Å². The zero-order valence-corrected chi connectivity index (χ0v) is 19.0. The van der Waals surface area contributed by atoms with Gasteiger partial charge in [0.1, 0.15) is 0 Å². The summed E-state index contributed by atoms with van der Waals surface area (Å²) in [5.41, 5.74) is 3.34. The van der Waals surface area contributed by atoms with Gasteiger partial charge in [-0.15, -0.1) is 23.7 Å². The molecule has 2 heterocycles. The molecule has 0 fully saturated rings. The van der Waals surface area contributed by atoms with Gasteiger partial charge in [0.15, 0.2) is 5.13 Å². The Morgan fingerprint density at radius 3 is 2.52 bits per heavy atom. The van der Waals surface area contributed by atoms with Crippen molar-refractivity contribution >= 4 is 67.9 Å². The topological polar surface area (TPSA) is 36.4 Å². The SMILES string of the molecule is Cc1cc(C)c2sc(N(CCCN(C)C)C(=O)c3ccc(Cl)s3)nc2c1.Cl. The number of hydrogen-bond acceptors (Lipinski definition) is 5. The molecule has 0 aliphatic heterocycles. The largest absolute Gasteiger partial charge is 0.309 e. The van der Waals surface area contributed by atoms with E-state index in [2.05, 4.69) is 30.9 Å². The molecule has 0 atom stereocenters. The van der Waals surface area contributed by atoms with Gasteiger partial charge in [-0.25, -0.2) is 4.98 Å². The van der Waals surface area contributed by atoms with Crippen molar-refractivity contribution < 1.29 is 4.79 Å². The van der Waals surface area contributed by atoms with Gasteiger partial charge >= 0.3 is 0 Å². The summed E-state index contributed by atoms with van der Waals surface area (Å²) in [6.45, 7) is 5.70. The Hall–Kier alpha value is -1.18. The molecule has 0 N–H and O–H groups in total. The van der Waals surface area contributed by atoms with Crippen LogP contribution in [0.15, 0.2) is 24.3 Å². The van der Waals surface area contributed by atoms with Crippen molar-refractivity contribution in [2.24, 2.45) is 0 Å². The number of carbonyl (C=O) groups is 1. The summed E-state index contributed by atoms with van der Waals surface area (Å²) in [5, 5.41) is 0.752. The number of fused-ring (bicyclic) bond motifs is 1. The predicted molar refractivity (Wildman–Crippen MR) is 121 cm³/mol. The lowest BCUT2D eigenvalue weighted by Gasteiger charge is -2.20. The van der Waals surface area contributed by atoms with E-state index in [9.17, 15) is 4.79 Å². The van der Waals surface area contributed by atoms with Gasteiger partial charge in [0.05, 0.1) is 19.4 Å². The second-order valence-corrected chi connectivity index (χ2v) is 9.34. The molecule has 8 heteroatoms. The van der Waals surface area contributed by atoms with Crippen LogP contribution in [0.4, 0.5) is 5.13 Å². The molecule has 0 bridgehead atoms. The highest BCUT2D eigenvalue weighted by atomic mass is 35.5. The second kappa shape index (κ2) is 9.34. The molecule has 0 saturated heterocycles. The lowest BCUT2D eigenvalue weighted by Crippen LogP contribution is -2.32. The van der Waals surface area contributed by atoms with Crippen LogP contribution in [-0.2, 0) is 0 Å². The van der Waals surface area contributed by atoms with Crippen LogP contribution in [0.3, 0.4) is 0 Å². The molecule has 0 saturated carbocycles. The molecule has 2 aromatic heterocycles. The Kier molecular flexibility index (Phi) is 7.65. The van der Waals surface area contributed by atoms with E-state index < -0.39 is 0 Å². The molecular formula is C19H23Cl2N3OS2. The number of aryl methyl sites for hydroxylation is 2. The van der Waals surface area contributed by atoms with E-state index in [4.69, 9.17) is 16.6 Å². The van der Waals surface area contributed by atoms with E-state index in [1.165, 1.54) is 22.5 Å². The lowest BCUT2D eigenvalue weighted by atomic mass is 10.1. The molecule has 1 aromatic carbocycles. The molecule has 4 nitrogen and oxygen atoms in total. The molecule has 0 spiro atoms. The van der Waals surface area contributed by atoms with Crippen molar-refractivity contribution in [3.8, 4) is 0 Å². The second-order valence-electron chi connectivity index (χ2n) is 6.64. The number of halogens is 2. The van der Waals surface area contributed by atoms with Crippen molar-refractivity contribution in [1.82, 2.24) is 9.88 Å². The molecule has 0 aliphatic carbocycles. The van der Waals surface area contributed by atoms with E-state index in [1.807, 2.05) is 14.1 Å². The number of thiazole rings is 1. The third-order valence-corrected chi connectivity index (χ3v) is 6.50. The standard InChI is InChI=1S/C19H22ClN3OS2.ClH/c1-12-10-13(2)17-14(11-12)21-19(26-17)23(9-5-8-22(3)4)18(24)15-6-7-16(20)25-15;/h6-7,10-11H,5,8-9H2,1-4H3;1H. The summed E-state index contributed by atoms with van der Waals surface area (Å²) >= 11 is 8.92. The average molecular weight is 444 g/mol. The van der Waals surface area contributed by atoms with Gasteiger partial charge < -0.3 is 4.90 Å². The van der Waals surface area contributed by atoms with E-state index in [0.717, 1.165) is 28.3 Å². The maximum Gasteiger partial charge on any atom is 0.270 e. The number of hydrogen-bond donors (Lipinski definition) is 0. The van der Waals surface area contributed by atoms with Crippen LogP contribution in [0.2, 0.25) is 4.34 Å². The molecule has 0 aliphatic rings. The molecule has 1 amide bonds. The summed E-state index contributed by atoms with van der Waals surface area (Å²) in [6.07, 6.45) is 0.881. The number of thiophene rings is 1. The van der Waals surface area contributed by atoms with Gasteiger partial charge in [0.25, 0.3) is 5.91 Å². The first-order valence-electron chi connectivity index (χ1n) is 8.45. The molecule has 0 radical (unpaired) electrons. The molecular weight excluding hydrogens is 421 g/mol. The summed E-state index contributed by atoms with van der Waals surface area (Å²) in [7, 11) is 4.07. The molecule has 27 heavy (non-hydrogen) atoms. The van der Waals surface area contributed by atoms with Crippen LogP contribution in [0, 0.1) is 13.8 Å². The van der Waals surface area contributed by atoms with E-state index >= 15 is 0 Å². The fourth-order valence-electron chi connectivity index (χ4n) is 2.87. The average Bonchev–Trinajstić information content (AvgIpc) is 3.17. The van der Waals surface area contributed by atoms with E-state index in [1.54, 1.807) is 28.4 Å². The van der Waals surface area contributed by atoms with Gasteiger partial charge in [-0.1, -0.05) is 29.0 Å². The van der Waals surface area contributed by atoms with E-state index in [-0.39, 0.29) is 18.3 Å². The number of rotatable bonds is 6. The van der Waals surface area contributed by atoms with Crippen molar-refractivity contribution in [2.45, 2.75) is 20.3 Å². The lowest BCUT2D eigenvalue weighted by molar-refractivity contribution is 0.0990. The summed E-state index contributed by atoms with van der Waals surface area (Å²) in [6, 6.07) is 7.79. The van der Waals surface area contributed by atoms with Crippen LogP contribution in [0.5, 0.6) is 0 Å². The highest BCUT2D eigenvalue weighted by Crippen LogP contribution is 2.34. The quantitative estimate of drug-likeness (QED) is 0.493. The van der Waals surface area contributed by atoms with Gasteiger partial charge in [-0.3, -0.25) is 9.69 Å². The Bertz CT molecular complexity index is 936. The van der Waals surface area contributed by atoms with Gasteiger partial charge in [-0.05, 0) is 70.2 Å². The number of benzene rings is 1. The highest BCUT2D eigenvalue weighted by molar-refractivity contribution is 7.22. The minimum atomic E-state index is -0.0333. The van der Waals surface area contributed by atoms with Crippen LogP contribution in [0.1, 0.15) is 27.2 Å². The third kappa shape index (κ3) is 5.21. The van der Waals surface area contributed by atoms with Crippen molar-refractivity contribution in [2.75, 3.05) is 32.1 Å². The predicted octanol–water partition coefficient (Wildman–Crippen LogP) is 5.65. The van der Waals surface area contributed by atoms with Crippen molar-refractivity contribution in [3.05, 3.63) is 44.6 Å². The molecule has 3 aromatic rings. The smallest absolute Gasteiger partial charge is 0.270 e. The summed E-state index contributed by atoms with van der Waals surface area (Å²) in [4.78, 5) is 22.4. The fraction of sp³-hybridized carbons (Fsp3) is 0.368. The zero-order chi connectivity index (χ0) is 18.8. The van der Waals surface area contributed by atoms with E-state index in [0.29, 0.717) is 15.8 Å². The fourth-order valence-corrected chi connectivity index (χ4v) is 4.90. The summed E-state index contributed by atoms with van der Waals surface area (Å²) < 4.78 is 1.76. The summed E-state index contributed by atoms with van der Waals surface area (Å²) in [5.74, 6) is -0.0333. The third-order valence-electron chi connectivity index (χ3n) is 4.06. The Labute approximate surface area is 179 Å². The normalized spacial score (nSPS) is 11.0. The number of amides is 1. The molecule has 0 unspecified atom stereocenters. The maximum atomic E-state index is 13.1. The van der Waals surface area contributed by atoms with Crippen LogP contribution < -0.4 is 4.90 Å². The van der Waals surface area contributed by atoms with Crippen molar-refractivity contribution in [1.29, 1.82) is 0 Å². The van der Waals surface area contributed by atoms with Crippen molar-refractivity contribution in [3.63, 3.8) is 0 Å². The number of carbonyl (C=O) groups excluding carboxylic acids is 1. The van der Waals surface area contributed by atoms with Crippen LogP contribution in [0.25, 0.3) is 10.2 Å². The van der Waals surface area contributed by atoms with Gasteiger partial charge in [-0.2, -0.15) is 0 Å². The highest BCUT2D eigenvalue weighted by Gasteiger charge is 2.23. The minimum Gasteiger partial charge on any atom is -0.309 e. The Morgan fingerprint density at radius 1 is 1.15 bits per heavy atom. The first kappa shape index (κ1) is 22.1. The van der Waals surface area contributed by atoms with Gasteiger partial charge in [0.2, 0.25) is 0 Å². The minimum absolute atomic E-state index is 0. The Balaban J connectivity index is 0.00000261. The number of nitrogens with zero attached hydrogens (tertiary/aromatic N) is 3. The Morgan fingerprint density at radius 2 is 1.89 bits per heavy atom. The van der Waals surface area contributed by atoms with Gasteiger partial charge in [0, 0.05) is 6.54 Å². The maximum absolute atomic E-state index is 13.1. The number of aromatic nitrogens is 1.